The van der Waals surface area contributed by atoms with Crippen molar-refractivity contribution in [3.63, 3.8) is 0 Å². The molecule has 1 aromatic rings. The maximum atomic E-state index is 11.9. The van der Waals surface area contributed by atoms with E-state index in [1.807, 2.05) is 13.0 Å². The van der Waals surface area contributed by atoms with Crippen molar-refractivity contribution in [3.05, 3.63) is 40.4 Å². The normalized spacial score (nSPS) is 15.5. The second-order valence-electron chi connectivity index (χ2n) is 6.17. The van der Waals surface area contributed by atoms with Crippen LogP contribution < -0.4 is 11.1 Å². The Morgan fingerprint density at radius 3 is 2.83 bits per heavy atom. The monoisotopic (exact) mass is 348 g/mol. The zero-order valence-corrected chi connectivity index (χ0v) is 14.8. The van der Waals surface area contributed by atoms with Crippen molar-refractivity contribution in [1.29, 1.82) is 5.41 Å². The summed E-state index contributed by atoms with van der Waals surface area (Å²) in [6.07, 6.45) is 5.19. The van der Waals surface area contributed by atoms with Crippen LogP contribution in [0.4, 0.5) is 0 Å². The van der Waals surface area contributed by atoms with Crippen molar-refractivity contribution in [2.24, 2.45) is 5.73 Å². The molecule has 0 unspecified atom stereocenters. The highest BCUT2D eigenvalue weighted by Crippen LogP contribution is 2.19. The topological polar surface area (TPSA) is 82.2 Å². The Labute approximate surface area is 148 Å². The van der Waals surface area contributed by atoms with Gasteiger partial charge in [0.05, 0.1) is 0 Å². The van der Waals surface area contributed by atoms with Crippen LogP contribution in [0.3, 0.4) is 0 Å². The molecule has 0 saturated carbocycles. The third kappa shape index (κ3) is 5.65. The molecule has 0 aliphatic carbocycles. The number of benzene rings is 1. The highest BCUT2D eigenvalue weighted by Gasteiger charge is 2.12. The van der Waals surface area contributed by atoms with Crippen LogP contribution in [-0.4, -0.2) is 36.3 Å². The summed E-state index contributed by atoms with van der Waals surface area (Å²) in [5, 5.41) is 11.1. The van der Waals surface area contributed by atoms with Gasteiger partial charge >= 0.3 is 0 Å². The van der Waals surface area contributed by atoms with Gasteiger partial charge in [-0.15, -0.1) is 0 Å². The van der Waals surface area contributed by atoms with Gasteiger partial charge in [-0.3, -0.25) is 10.2 Å². The minimum atomic E-state index is -0.147. The predicted molar refractivity (Wildman–Crippen MR) is 99.1 cm³/mol. The minimum absolute atomic E-state index is 0.00181. The highest BCUT2D eigenvalue weighted by molar-refractivity contribution is 6.30. The Balaban J connectivity index is 1.82. The lowest BCUT2D eigenvalue weighted by Crippen LogP contribution is -2.30. The van der Waals surface area contributed by atoms with E-state index in [2.05, 4.69) is 10.2 Å². The number of likely N-dealkylation sites (tertiary alicyclic amines) is 1. The first kappa shape index (κ1) is 18.5. The first-order valence-electron chi connectivity index (χ1n) is 8.30. The zero-order chi connectivity index (χ0) is 17.5. The molecule has 2 rings (SSSR count). The molecule has 0 radical (unpaired) electrons. The molecule has 1 aliphatic heterocycles. The number of hydrogen-bond acceptors (Lipinski definition) is 4. The summed E-state index contributed by atoms with van der Waals surface area (Å²) >= 11 is 5.98. The Morgan fingerprint density at radius 2 is 2.12 bits per heavy atom. The molecular weight excluding hydrogens is 324 g/mol. The van der Waals surface area contributed by atoms with Crippen LogP contribution in [0.1, 0.15) is 36.8 Å². The SMILES string of the molecule is Cc1ccc(Cl)cc1C(N)=CC(=N)NC(=O)CCCN1CCCC1. The smallest absolute Gasteiger partial charge is 0.225 e. The van der Waals surface area contributed by atoms with Crippen LogP contribution in [0.5, 0.6) is 0 Å². The Morgan fingerprint density at radius 1 is 1.42 bits per heavy atom. The van der Waals surface area contributed by atoms with Gasteiger partial charge < -0.3 is 16.0 Å². The van der Waals surface area contributed by atoms with Crippen LogP contribution in [0.25, 0.3) is 5.70 Å². The molecule has 0 aromatic heterocycles. The molecule has 1 amide bonds. The van der Waals surface area contributed by atoms with E-state index in [0.29, 0.717) is 17.1 Å². The number of carbonyl (C=O) groups is 1. The number of rotatable bonds is 6. The number of nitrogens with two attached hydrogens (primary N) is 1. The number of hydrogen-bond donors (Lipinski definition) is 3. The van der Waals surface area contributed by atoms with Gasteiger partial charge in [0.1, 0.15) is 5.84 Å². The minimum Gasteiger partial charge on any atom is -0.398 e. The van der Waals surface area contributed by atoms with Gasteiger partial charge in [-0.25, -0.2) is 0 Å². The number of amides is 1. The van der Waals surface area contributed by atoms with Gasteiger partial charge in [-0.2, -0.15) is 0 Å². The number of halogens is 1. The van der Waals surface area contributed by atoms with E-state index in [1.165, 1.54) is 18.9 Å². The van der Waals surface area contributed by atoms with E-state index < -0.39 is 0 Å². The molecule has 0 spiro atoms. The molecular formula is C18H25ClN4O. The summed E-state index contributed by atoms with van der Waals surface area (Å²) in [7, 11) is 0. The maximum absolute atomic E-state index is 11.9. The number of nitrogens with one attached hydrogen (secondary N) is 2. The summed E-state index contributed by atoms with van der Waals surface area (Å²) in [5.41, 5.74) is 8.19. The van der Waals surface area contributed by atoms with E-state index in [1.54, 1.807) is 12.1 Å². The number of nitrogens with zero attached hydrogens (tertiary/aromatic N) is 1. The van der Waals surface area contributed by atoms with E-state index in [4.69, 9.17) is 22.7 Å². The third-order valence-corrected chi connectivity index (χ3v) is 4.40. The molecule has 1 fully saturated rings. The quantitative estimate of drug-likeness (QED) is 0.546. The molecule has 0 atom stereocenters. The number of amidine groups is 1. The molecule has 130 valence electrons. The van der Waals surface area contributed by atoms with Crippen molar-refractivity contribution in [2.75, 3.05) is 19.6 Å². The van der Waals surface area contributed by atoms with Gasteiger partial charge in [0, 0.05) is 28.8 Å². The second kappa shape index (κ2) is 8.85. The standard InChI is InChI=1S/C18H25ClN4O/c1-13-6-7-14(19)11-15(13)16(20)12-17(21)22-18(24)5-4-10-23-8-2-3-9-23/h6-7,11-12H,2-5,8-10,20H2,1H3,(H2,21,22,24). The number of carbonyl (C=O) groups excluding carboxylic acids is 1. The van der Waals surface area contributed by atoms with Crippen molar-refractivity contribution < 1.29 is 4.79 Å². The molecule has 5 nitrogen and oxygen atoms in total. The van der Waals surface area contributed by atoms with E-state index >= 15 is 0 Å². The molecule has 1 aliphatic rings. The molecule has 1 saturated heterocycles. The van der Waals surface area contributed by atoms with Gasteiger partial charge in [0.25, 0.3) is 0 Å². The van der Waals surface area contributed by atoms with Gasteiger partial charge in [-0.1, -0.05) is 17.7 Å². The van der Waals surface area contributed by atoms with Crippen molar-refractivity contribution in [3.8, 4) is 0 Å². The molecule has 24 heavy (non-hydrogen) atoms. The van der Waals surface area contributed by atoms with Crippen LogP contribution >= 0.6 is 11.6 Å². The summed E-state index contributed by atoms with van der Waals surface area (Å²) in [6.45, 7) is 5.14. The average Bonchev–Trinajstić information content (AvgIpc) is 3.02. The Kier molecular flexibility index (Phi) is 6.82. The van der Waals surface area contributed by atoms with E-state index in [9.17, 15) is 4.79 Å². The maximum Gasteiger partial charge on any atom is 0.225 e. The number of aryl methyl sites for hydroxylation is 1. The lowest BCUT2D eigenvalue weighted by Gasteiger charge is -2.13. The van der Waals surface area contributed by atoms with Gasteiger partial charge in [0.2, 0.25) is 5.91 Å². The average molecular weight is 349 g/mol. The zero-order valence-electron chi connectivity index (χ0n) is 14.1. The summed E-state index contributed by atoms with van der Waals surface area (Å²) in [6, 6.07) is 5.42. The fraction of sp³-hybridized carbons (Fsp3) is 0.444. The van der Waals surface area contributed by atoms with Crippen LogP contribution in [0.2, 0.25) is 5.02 Å². The van der Waals surface area contributed by atoms with Crippen LogP contribution in [0, 0.1) is 12.3 Å². The first-order chi connectivity index (χ1) is 11.5. The molecule has 0 bridgehead atoms. The largest absolute Gasteiger partial charge is 0.398 e. The Hall–Kier alpha value is -1.85. The lowest BCUT2D eigenvalue weighted by molar-refractivity contribution is -0.119. The van der Waals surface area contributed by atoms with Gasteiger partial charge in [0.15, 0.2) is 0 Å². The van der Waals surface area contributed by atoms with Crippen LogP contribution in [-0.2, 0) is 4.79 Å². The summed E-state index contributed by atoms with van der Waals surface area (Å²) in [5.74, 6) is -0.149. The predicted octanol–water partition coefficient (Wildman–Crippen LogP) is 2.92. The Bertz CT molecular complexity index is 636. The van der Waals surface area contributed by atoms with Gasteiger partial charge in [-0.05, 0) is 63.5 Å². The summed E-state index contributed by atoms with van der Waals surface area (Å²) in [4.78, 5) is 14.3. The third-order valence-electron chi connectivity index (χ3n) is 4.16. The fourth-order valence-corrected chi connectivity index (χ4v) is 3.03. The second-order valence-corrected chi connectivity index (χ2v) is 6.61. The first-order valence-corrected chi connectivity index (χ1v) is 8.68. The highest BCUT2D eigenvalue weighted by atomic mass is 35.5. The lowest BCUT2D eigenvalue weighted by atomic mass is 10.1. The molecule has 1 heterocycles. The molecule has 4 N–H and O–H groups in total. The summed E-state index contributed by atoms with van der Waals surface area (Å²) < 4.78 is 0. The van der Waals surface area contributed by atoms with E-state index in [0.717, 1.165) is 37.2 Å². The molecule has 6 heteroatoms. The van der Waals surface area contributed by atoms with Crippen molar-refractivity contribution in [1.82, 2.24) is 10.2 Å². The van der Waals surface area contributed by atoms with Crippen LogP contribution in [0.15, 0.2) is 24.3 Å². The van der Waals surface area contributed by atoms with Crippen molar-refractivity contribution >= 4 is 29.0 Å². The fourth-order valence-electron chi connectivity index (χ4n) is 2.86. The van der Waals surface area contributed by atoms with Crippen molar-refractivity contribution in [2.45, 2.75) is 32.6 Å². The molecule has 1 aromatic carbocycles. The van der Waals surface area contributed by atoms with E-state index in [-0.39, 0.29) is 11.7 Å².